The van der Waals surface area contributed by atoms with Gasteiger partial charge in [-0.1, -0.05) is 11.2 Å². The topological polar surface area (TPSA) is 58.6 Å². The molecule has 13 heavy (non-hydrogen) atoms. The predicted octanol–water partition coefficient (Wildman–Crippen LogP) is 1.43. The van der Waals surface area contributed by atoms with E-state index >= 15 is 0 Å². The van der Waals surface area contributed by atoms with E-state index in [-0.39, 0.29) is 5.84 Å². The van der Waals surface area contributed by atoms with Gasteiger partial charge < -0.3 is 10.9 Å². The molecule has 2 rings (SSSR count). The summed E-state index contributed by atoms with van der Waals surface area (Å²) in [6.07, 6.45) is 1.08. The zero-order valence-electron chi connectivity index (χ0n) is 7.03. The summed E-state index contributed by atoms with van der Waals surface area (Å²) in [5.74, 6) is 1.31. The molecule has 0 unspecified atom stereocenters. The van der Waals surface area contributed by atoms with Gasteiger partial charge in [-0.25, -0.2) is 0 Å². The van der Waals surface area contributed by atoms with Gasteiger partial charge in [0.25, 0.3) is 0 Å². The van der Waals surface area contributed by atoms with Crippen LogP contribution in [0.5, 0.6) is 0 Å². The SMILES string of the molecule is N/C(=N/O)c1ccc2c(c1)CCS2. The largest absolute Gasteiger partial charge is 0.409 e. The quantitative estimate of drug-likeness (QED) is 0.308. The molecule has 1 aromatic rings. The van der Waals surface area contributed by atoms with Gasteiger partial charge in [0, 0.05) is 16.2 Å². The lowest BCUT2D eigenvalue weighted by molar-refractivity contribution is 0.318. The summed E-state index contributed by atoms with van der Waals surface area (Å²) < 4.78 is 0. The van der Waals surface area contributed by atoms with E-state index in [0.717, 1.165) is 17.7 Å². The molecule has 0 fully saturated rings. The van der Waals surface area contributed by atoms with Crippen molar-refractivity contribution in [1.82, 2.24) is 0 Å². The first-order chi connectivity index (χ1) is 6.31. The number of oxime groups is 1. The highest BCUT2D eigenvalue weighted by molar-refractivity contribution is 7.99. The number of amidine groups is 1. The van der Waals surface area contributed by atoms with E-state index in [1.165, 1.54) is 10.5 Å². The lowest BCUT2D eigenvalue weighted by Gasteiger charge is -2.01. The molecule has 0 atom stereocenters. The van der Waals surface area contributed by atoms with Gasteiger partial charge in [-0.15, -0.1) is 11.8 Å². The fourth-order valence-corrected chi connectivity index (χ4v) is 2.46. The van der Waals surface area contributed by atoms with E-state index < -0.39 is 0 Å². The zero-order valence-corrected chi connectivity index (χ0v) is 7.84. The molecule has 0 saturated heterocycles. The molecule has 0 bridgehead atoms. The van der Waals surface area contributed by atoms with Crippen molar-refractivity contribution in [2.24, 2.45) is 10.9 Å². The first-order valence-corrected chi connectivity index (χ1v) is 5.03. The predicted molar refractivity (Wildman–Crippen MR) is 53.4 cm³/mol. The van der Waals surface area contributed by atoms with E-state index in [0.29, 0.717) is 0 Å². The number of hydrogen-bond donors (Lipinski definition) is 2. The average molecular weight is 194 g/mol. The molecule has 3 nitrogen and oxygen atoms in total. The van der Waals surface area contributed by atoms with Gasteiger partial charge in [-0.05, 0) is 24.1 Å². The van der Waals surface area contributed by atoms with Crippen LogP contribution < -0.4 is 5.73 Å². The molecule has 0 aromatic heterocycles. The summed E-state index contributed by atoms with van der Waals surface area (Å²) in [6.45, 7) is 0. The minimum absolute atomic E-state index is 0.180. The third-order valence-corrected chi connectivity index (χ3v) is 3.21. The van der Waals surface area contributed by atoms with Crippen molar-refractivity contribution >= 4 is 17.6 Å². The number of nitrogens with two attached hydrogens (primary N) is 1. The van der Waals surface area contributed by atoms with Crippen LogP contribution in [0.15, 0.2) is 28.3 Å². The Labute approximate surface area is 80.6 Å². The Morgan fingerprint density at radius 3 is 3.15 bits per heavy atom. The Kier molecular flexibility index (Phi) is 2.14. The second kappa shape index (κ2) is 3.30. The Hall–Kier alpha value is -1.16. The van der Waals surface area contributed by atoms with Crippen molar-refractivity contribution in [2.75, 3.05) is 5.75 Å². The van der Waals surface area contributed by atoms with Crippen molar-refractivity contribution in [3.05, 3.63) is 29.3 Å². The van der Waals surface area contributed by atoms with Crippen molar-refractivity contribution in [1.29, 1.82) is 0 Å². The molecule has 0 spiro atoms. The molecular weight excluding hydrogens is 184 g/mol. The molecule has 3 N–H and O–H groups in total. The first kappa shape index (κ1) is 8.44. The Bertz CT molecular complexity index is 363. The first-order valence-electron chi connectivity index (χ1n) is 4.05. The van der Waals surface area contributed by atoms with Crippen LogP contribution in [0, 0.1) is 0 Å². The molecule has 0 saturated carbocycles. The smallest absolute Gasteiger partial charge is 0.170 e. The third kappa shape index (κ3) is 1.49. The van der Waals surface area contributed by atoms with E-state index in [9.17, 15) is 0 Å². The van der Waals surface area contributed by atoms with Crippen molar-refractivity contribution in [3.63, 3.8) is 0 Å². The fourth-order valence-electron chi connectivity index (χ4n) is 1.40. The fraction of sp³-hybridized carbons (Fsp3) is 0.222. The second-order valence-corrected chi connectivity index (χ2v) is 4.04. The number of nitrogens with zero attached hydrogens (tertiary/aromatic N) is 1. The zero-order chi connectivity index (χ0) is 9.26. The van der Waals surface area contributed by atoms with E-state index in [1.807, 2.05) is 30.0 Å². The summed E-state index contributed by atoms with van der Waals surface area (Å²) in [4.78, 5) is 1.31. The molecule has 0 radical (unpaired) electrons. The van der Waals surface area contributed by atoms with Crippen molar-refractivity contribution < 1.29 is 5.21 Å². The summed E-state index contributed by atoms with van der Waals surface area (Å²) in [6, 6.07) is 5.90. The van der Waals surface area contributed by atoms with Crippen LogP contribution >= 0.6 is 11.8 Å². The van der Waals surface area contributed by atoms with Gasteiger partial charge in [-0.3, -0.25) is 0 Å². The number of aryl methyl sites for hydroxylation is 1. The highest BCUT2D eigenvalue weighted by Crippen LogP contribution is 2.31. The van der Waals surface area contributed by atoms with E-state index in [2.05, 4.69) is 5.16 Å². The third-order valence-electron chi connectivity index (χ3n) is 2.09. The minimum atomic E-state index is 0.180. The lowest BCUT2D eigenvalue weighted by atomic mass is 10.1. The average Bonchev–Trinajstić information content (AvgIpc) is 2.63. The maximum atomic E-state index is 8.49. The highest BCUT2D eigenvalue weighted by atomic mass is 32.2. The normalized spacial score (nSPS) is 15.8. The summed E-state index contributed by atoms with van der Waals surface area (Å²) in [7, 11) is 0. The maximum Gasteiger partial charge on any atom is 0.170 e. The Morgan fingerprint density at radius 2 is 2.38 bits per heavy atom. The van der Waals surface area contributed by atoms with Crippen molar-refractivity contribution in [3.8, 4) is 0 Å². The lowest BCUT2D eigenvalue weighted by Crippen LogP contribution is -2.13. The maximum absolute atomic E-state index is 8.49. The highest BCUT2D eigenvalue weighted by Gasteiger charge is 2.12. The number of benzene rings is 1. The van der Waals surface area contributed by atoms with E-state index in [1.54, 1.807) is 0 Å². The van der Waals surface area contributed by atoms with Gasteiger partial charge in [0.05, 0.1) is 0 Å². The molecule has 1 aromatic carbocycles. The van der Waals surface area contributed by atoms with Gasteiger partial charge >= 0.3 is 0 Å². The van der Waals surface area contributed by atoms with Crippen LogP contribution in [-0.4, -0.2) is 16.8 Å². The number of rotatable bonds is 1. The summed E-state index contributed by atoms with van der Waals surface area (Å²) in [5, 5.41) is 11.5. The van der Waals surface area contributed by atoms with Crippen LogP contribution in [-0.2, 0) is 6.42 Å². The number of thioether (sulfide) groups is 1. The van der Waals surface area contributed by atoms with Crippen LogP contribution in [0.2, 0.25) is 0 Å². The monoisotopic (exact) mass is 194 g/mol. The molecular formula is C9H10N2OS. The Balaban J connectivity index is 2.41. The molecule has 68 valence electrons. The molecule has 1 heterocycles. The van der Waals surface area contributed by atoms with E-state index in [4.69, 9.17) is 10.9 Å². The van der Waals surface area contributed by atoms with Gasteiger partial charge in [0.2, 0.25) is 0 Å². The molecule has 1 aliphatic heterocycles. The van der Waals surface area contributed by atoms with Crippen LogP contribution in [0.3, 0.4) is 0 Å². The minimum Gasteiger partial charge on any atom is -0.409 e. The van der Waals surface area contributed by atoms with Crippen LogP contribution in [0.4, 0.5) is 0 Å². The van der Waals surface area contributed by atoms with Gasteiger partial charge in [0.15, 0.2) is 5.84 Å². The molecule has 1 aliphatic rings. The summed E-state index contributed by atoms with van der Waals surface area (Å²) >= 11 is 1.85. The Morgan fingerprint density at radius 1 is 1.54 bits per heavy atom. The molecule has 0 amide bonds. The van der Waals surface area contributed by atoms with Gasteiger partial charge in [-0.2, -0.15) is 0 Å². The van der Waals surface area contributed by atoms with Gasteiger partial charge in [0.1, 0.15) is 0 Å². The number of fused-ring (bicyclic) bond motifs is 1. The van der Waals surface area contributed by atoms with Crippen LogP contribution in [0.25, 0.3) is 0 Å². The van der Waals surface area contributed by atoms with Crippen LogP contribution in [0.1, 0.15) is 11.1 Å². The molecule has 4 heteroatoms. The standard InChI is InChI=1S/C9H10N2OS/c10-9(11-12)7-1-2-8-6(5-7)3-4-13-8/h1-2,5,12H,3-4H2,(H2,10,11). The molecule has 0 aliphatic carbocycles. The number of hydrogen-bond acceptors (Lipinski definition) is 3. The summed E-state index contributed by atoms with van der Waals surface area (Å²) in [5.41, 5.74) is 7.58. The second-order valence-electron chi connectivity index (χ2n) is 2.91. The van der Waals surface area contributed by atoms with Crippen molar-refractivity contribution in [2.45, 2.75) is 11.3 Å².